The minimum absolute atomic E-state index is 0.0317. The van der Waals surface area contributed by atoms with Gasteiger partial charge in [0.15, 0.2) is 11.6 Å². The van der Waals surface area contributed by atoms with Crippen LogP contribution in [0.3, 0.4) is 0 Å². The van der Waals surface area contributed by atoms with Gasteiger partial charge in [-0.1, -0.05) is 17.7 Å². The summed E-state index contributed by atoms with van der Waals surface area (Å²) in [7, 11) is 0. The first kappa shape index (κ1) is 12.9. The largest absolute Gasteiger partial charge is 0.453 e. The molecule has 0 amide bonds. The number of hydrogen-bond donors (Lipinski definition) is 0. The number of halogens is 3. The lowest BCUT2D eigenvalue weighted by molar-refractivity contribution is 0.442. The lowest BCUT2D eigenvalue weighted by Gasteiger charge is -2.09. The van der Waals surface area contributed by atoms with Crippen molar-refractivity contribution in [2.24, 2.45) is 0 Å². The van der Waals surface area contributed by atoms with Gasteiger partial charge in [0.25, 0.3) is 0 Å². The summed E-state index contributed by atoms with van der Waals surface area (Å²) in [5.41, 5.74) is 0.474. The van der Waals surface area contributed by atoms with E-state index in [9.17, 15) is 4.39 Å². The average molecular weight is 327 g/mol. The molecule has 0 saturated heterocycles. The molecule has 18 heavy (non-hydrogen) atoms. The minimum atomic E-state index is -0.539. The van der Waals surface area contributed by atoms with Gasteiger partial charge < -0.3 is 4.74 Å². The minimum Gasteiger partial charge on any atom is -0.453 e. The van der Waals surface area contributed by atoms with E-state index in [1.54, 1.807) is 24.3 Å². The molecule has 2 aromatic carbocycles. The first-order valence-electron chi connectivity index (χ1n) is 4.93. The van der Waals surface area contributed by atoms with Crippen molar-refractivity contribution < 1.29 is 9.13 Å². The van der Waals surface area contributed by atoms with E-state index < -0.39 is 5.82 Å². The van der Waals surface area contributed by atoms with E-state index in [-0.39, 0.29) is 10.8 Å². The fourth-order valence-corrected chi connectivity index (χ4v) is 2.00. The summed E-state index contributed by atoms with van der Waals surface area (Å²) in [5.74, 6) is -0.174. The van der Waals surface area contributed by atoms with Crippen molar-refractivity contribution in [1.29, 1.82) is 5.26 Å². The summed E-state index contributed by atoms with van der Waals surface area (Å²) < 4.78 is 19.5. The van der Waals surface area contributed by atoms with Crippen molar-refractivity contribution >= 4 is 27.5 Å². The molecule has 0 spiro atoms. The molecule has 2 rings (SSSR count). The molecule has 0 aliphatic heterocycles. The van der Waals surface area contributed by atoms with Crippen LogP contribution in [-0.4, -0.2) is 0 Å². The van der Waals surface area contributed by atoms with Gasteiger partial charge in [0.1, 0.15) is 11.8 Å². The van der Waals surface area contributed by atoms with Crippen LogP contribution in [0.25, 0.3) is 0 Å². The van der Waals surface area contributed by atoms with Crippen LogP contribution < -0.4 is 4.74 Å². The SMILES string of the molecule is N#Cc1ccc(Oc2c(F)cccc2Cl)cc1Br. The van der Waals surface area contributed by atoms with Gasteiger partial charge in [-0.2, -0.15) is 5.26 Å². The van der Waals surface area contributed by atoms with Crippen LogP contribution in [0.5, 0.6) is 11.5 Å². The molecule has 90 valence electrons. The standard InChI is InChI=1S/C13H6BrClFNO/c14-10-6-9(5-4-8(10)7-17)18-13-11(15)2-1-3-12(13)16/h1-6H. The number of nitrogens with zero attached hydrogens (tertiary/aromatic N) is 1. The van der Waals surface area contributed by atoms with Crippen LogP contribution in [-0.2, 0) is 0 Å². The zero-order valence-corrected chi connectivity index (χ0v) is 11.3. The van der Waals surface area contributed by atoms with E-state index in [1.807, 2.05) is 6.07 Å². The Labute approximate surface area is 117 Å². The van der Waals surface area contributed by atoms with E-state index in [0.29, 0.717) is 15.8 Å². The van der Waals surface area contributed by atoms with E-state index in [1.165, 1.54) is 12.1 Å². The zero-order chi connectivity index (χ0) is 13.1. The van der Waals surface area contributed by atoms with E-state index in [4.69, 9.17) is 21.6 Å². The Morgan fingerprint density at radius 1 is 1.28 bits per heavy atom. The Bertz CT molecular complexity index is 619. The summed E-state index contributed by atoms with van der Waals surface area (Å²) in [4.78, 5) is 0. The van der Waals surface area contributed by atoms with Gasteiger partial charge in [-0.3, -0.25) is 0 Å². The Balaban J connectivity index is 2.35. The van der Waals surface area contributed by atoms with Gasteiger partial charge in [0, 0.05) is 4.47 Å². The Morgan fingerprint density at radius 2 is 2.06 bits per heavy atom. The predicted octanol–water partition coefficient (Wildman–Crippen LogP) is 4.91. The third kappa shape index (κ3) is 2.63. The molecule has 0 fully saturated rings. The topological polar surface area (TPSA) is 33.0 Å². The maximum Gasteiger partial charge on any atom is 0.181 e. The van der Waals surface area contributed by atoms with Crippen molar-refractivity contribution in [3.63, 3.8) is 0 Å². The summed E-state index contributed by atoms with van der Waals surface area (Å²) in [6, 6.07) is 11.0. The zero-order valence-electron chi connectivity index (χ0n) is 8.95. The van der Waals surface area contributed by atoms with Gasteiger partial charge in [-0.05, 0) is 46.3 Å². The lowest BCUT2D eigenvalue weighted by Crippen LogP contribution is -1.90. The fraction of sp³-hybridized carbons (Fsp3) is 0. The molecular formula is C13H6BrClFNO. The van der Waals surface area contributed by atoms with Gasteiger partial charge in [0.05, 0.1) is 10.6 Å². The Morgan fingerprint density at radius 3 is 2.67 bits per heavy atom. The maximum atomic E-state index is 13.5. The second-order valence-electron chi connectivity index (χ2n) is 3.41. The highest BCUT2D eigenvalue weighted by Gasteiger charge is 2.10. The Kier molecular flexibility index (Phi) is 3.85. The number of benzene rings is 2. The van der Waals surface area contributed by atoms with E-state index >= 15 is 0 Å². The van der Waals surface area contributed by atoms with Crippen LogP contribution >= 0.6 is 27.5 Å². The lowest BCUT2D eigenvalue weighted by atomic mass is 10.2. The molecule has 0 N–H and O–H groups in total. The molecule has 0 atom stereocenters. The van der Waals surface area contributed by atoms with E-state index in [2.05, 4.69) is 15.9 Å². The van der Waals surface area contributed by atoms with Gasteiger partial charge in [-0.25, -0.2) is 4.39 Å². The number of para-hydroxylation sites is 1. The molecular weight excluding hydrogens is 321 g/mol. The highest BCUT2D eigenvalue weighted by Crippen LogP contribution is 2.33. The van der Waals surface area contributed by atoms with Crippen molar-refractivity contribution in [3.05, 3.63) is 57.3 Å². The third-order valence-electron chi connectivity index (χ3n) is 2.20. The van der Waals surface area contributed by atoms with Crippen LogP contribution in [0, 0.1) is 17.1 Å². The monoisotopic (exact) mass is 325 g/mol. The summed E-state index contributed by atoms with van der Waals surface area (Å²) in [6.07, 6.45) is 0. The molecule has 0 aliphatic rings. The Hall–Kier alpha value is -1.57. The molecule has 5 heteroatoms. The highest BCUT2D eigenvalue weighted by molar-refractivity contribution is 9.10. The second kappa shape index (κ2) is 5.38. The summed E-state index contributed by atoms with van der Waals surface area (Å²) in [5, 5.41) is 8.98. The van der Waals surface area contributed by atoms with E-state index in [0.717, 1.165) is 0 Å². The molecule has 2 aromatic rings. The molecule has 2 nitrogen and oxygen atoms in total. The quantitative estimate of drug-likeness (QED) is 0.786. The van der Waals surface area contributed by atoms with Gasteiger partial charge in [0.2, 0.25) is 0 Å². The second-order valence-corrected chi connectivity index (χ2v) is 4.67. The highest BCUT2D eigenvalue weighted by atomic mass is 79.9. The van der Waals surface area contributed by atoms with Crippen LogP contribution in [0.1, 0.15) is 5.56 Å². The number of ether oxygens (including phenoxy) is 1. The first-order chi connectivity index (χ1) is 8.61. The first-order valence-corrected chi connectivity index (χ1v) is 6.10. The van der Waals surface area contributed by atoms with Crippen LogP contribution in [0.2, 0.25) is 5.02 Å². The van der Waals surface area contributed by atoms with Crippen molar-refractivity contribution in [1.82, 2.24) is 0 Å². The number of hydrogen-bond acceptors (Lipinski definition) is 2. The normalized spacial score (nSPS) is 9.89. The summed E-state index contributed by atoms with van der Waals surface area (Å²) >= 11 is 9.08. The number of nitriles is 1. The smallest absolute Gasteiger partial charge is 0.181 e. The average Bonchev–Trinajstić information content (AvgIpc) is 2.34. The van der Waals surface area contributed by atoms with Crippen molar-refractivity contribution in [3.8, 4) is 17.6 Å². The fourth-order valence-electron chi connectivity index (χ4n) is 1.35. The van der Waals surface area contributed by atoms with Gasteiger partial charge >= 0.3 is 0 Å². The predicted molar refractivity (Wildman–Crippen MR) is 70.3 cm³/mol. The molecule has 0 unspecified atom stereocenters. The molecule has 0 radical (unpaired) electrons. The van der Waals surface area contributed by atoms with Crippen molar-refractivity contribution in [2.45, 2.75) is 0 Å². The van der Waals surface area contributed by atoms with Crippen LogP contribution in [0.15, 0.2) is 40.9 Å². The summed E-state index contributed by atoms with van der Waals surface area (Å²) in [6.45, 7) is 0. The molecule has 0 aliphatic carbocycles. The molecule has 0 aromatic heterocycles. The number of rotatable bonds is 2. The van der Waals surface area contributed by atoms with Crippen LogP contribution in [0.4, 0.5) is 4.39 Å². The maximum absolute atomic E-state index is 13.5. The third-order valence-corrected chi connectivity index (χ3v) is 3.15. The molecule has 0 saturated carbocycles. The molecule has 0 bridgehead atoms. The molecule has 0 heterocycles. The van der Waals surface area contributed by atoms with Crippen molar-refractivity contribution in [2.75, 3.05) is 0 Å². The van der Waals surface area contributed by atoms with Gasteiger partial charge in [-0.15, -0.1) is 0 Å².